The third kappa shape index (κ3) is 2.61. The standard InChI is InChI=1S/C10H5F5O2/c11-6-4(2-1-3-5(16)17)7(12)9(14)10(15)8(6)13/h1,3H,2H2,(H,16,17)/b3-1+. The third-order valence-corrected chi connectivity index (χ3v) is 1.88. The maximum atomic E-state index is 13.0. The highest BCUT2D eigenvalue weighted by molar-refractivity contribution is 5.79. The molecule has 0 unspecified atom stereocenters. The lowest BCUT2D eigenvalue weighted by Gasteiger charge is -2.05. The molecule has 0 amide bonds. The van der Waals surface area contributed by atoms with Crippen LogP contribution in [0.5, 0.6) is 0 Å². The Morgan fingerprint density at radius 1 is 0.941 bits per heavy atom. The van der Waals surface area contributed by atoms with Gasteiger partial charge in [-0.3, -0.25) is 0 Å². The number of carboxylic acids is 1. The molecule has 92 valence electrons. The van der Waals surface area contributed by atoms with E-state index in [1.54, 1.807) is 0 Å². The van der Waals surface area contributed by atoms with Crippen molar-refractivity contribution in [1.29, 1.82) is 0 Å². The lowest BCUT2D eigenvalue weighted by Crippen LogP contribution is -2.06. The minimum absolute atomic E-state index is 0.540. The van der Waals surface area contributed by atoms with E-state index in [1.807, 2.05) is 0 Å². The molecule has 1 aromatic carbocycles. The number of halogens is 5. The molecule has 17 heavy (non-hydrogen) atoms. The molecule has 0 radical (unpaired) electrons. The van der Waals surface area contributed by atoms with Crippen LogP contribution in [-0.4, -0.2) is 11.1 Å². The van der Waals surface area contributed by atoms with Gasteiger partial charge in [0.25, 0.3) is 0 Å². The molecule has 0 aromatic heterocycles. The van der Waals surface area contributed by atoms with Gasteiger partial charge in [-0.1, -0.05) is 6.08 Å². The number of hydrogen-bond acceptors (Lipinski definition) is 1. The van der Waals surface area contributed by atoms with Crippen molar-refractivity contribution in [3.63, 3.8) is 0 Å². The maximum absolute atomic E-state index is 13.0. The number of carboxylic acid groups (broad SMARTS) is 1. The lowest BCUT2D eigenvalue weighted by atomic mass is 10.1. The van der Waals surface area contributed by atoms with Crippen molar-refractivity contribution in [2.45, 2.75) is 6.42 Å². The third-order valence-electron chi connectivity index (χ3n) is 1.88. The number of allylic oxidation sites excluding steroid dienone is 1. The van der Waals surface area contributed by atoms with Gasteiger partial charge in [0.05, 0.1) is 0 Å². The maximum Gasteiger partial charge on any atom is 0.327 e. The van der Waals surface area contributed by atoms with Crippen LogP contribution in [-0.2, 0) is 11.2 Å². The van der Waals surface area contributed by atoms with Crippen molar-refractivity contribution in [1.82, 2.24) is 0 Å². The molecule has 1 aromatic rings. The second-order valence-corrected chi connectivity index (χ2v) is 2.99. The molecule has 0 bridgehead atoms. The highest BCUT2D eigenvalue weighted by Crippen LogP contribution is 2.23. The van der Waals surface area contributed by atoms with Crippen molar-refractivity contribution >= 4 is 5.97 Å². The van der Waals surface area contributed by atoms with E-state index in [2.05, 4.69) is 0 Å². The fourth-order valence-electron chi connectivity index (χ4n) is 1.11. The summed E-state index contributed by atoms with van der Waals surface area (Å²) in [5.41, 5.74) is -1.07. The predicted octanol–water partition coefficient (Wildman–Crippen LogP) is 2.57. The van der Waals surface area contributed by atoms with Gasteiger partial charge in [0, 0.05) is 11.6 Å². The van der Waals surface area contributed by atoms with E-state index in [-0.39, 0.29) is 0 Å². The van der Waals surface area contributed by atoms with Crippen LogP contribution in [0.4, 0.5) is 22.0 Å². The molecular weight excluding hydrogens is 247 g/mol. The summed E-state index contributed by atoms with van der Waals surface area (Å²) in [6.45, 7) is 0. The molecule has 0 saturated heterocycles. The van der Waals surface area contributed by atoms with Gasteiger partial charge in [-0.2, -0.15) is 0 Å². The second-order valence-electron chi connectivity index (χ2n) is 2.99. The summed E-state index contributed by atoms with van der Waals surface area (Å²) in [5.74, 6) is -11.7. The zero-order valence-electron chi connectivity index (χ0n) is 8.11. The van der Waals surface area contributed by atoms with Crippen LogP contribution in [0.2, 0.25) is 0 Å². The molecule has 0 saturated carbocycles. The molecule has 0 spiro atoms. The van der Waals surface area contributed by atoms with Crippen LogP contribution in [0.15, 0.2) is 12.2 Å². The summed E-state index contributed by atoms with van der Waals surface area (Å²) in [6, 6.07) is 0. The summed E-state index contributed by atoms with van der Waals surface area (Å²) in [4.78, 5) is 10.1. The zero-order chi connectivity index (χ0) is 13.2. The fraction of sp³-hybridized carbons (Fsp3) is 0.100. The van der Waals surface area contributed by atoms with Crippen LogP contribution in [0.1, 0.15) is 5.56 Å². The SMILES string of the molecule is O=C(O)/C=C/Cc1c(F)c(F)c(F)c(F)c1F. The molecular formula is C10H5F5O2. The van der Waals surface area contributed by atoms with Gasteiger partial charge in [0.1, 0.15) is 0 Å². The average Bonchev–Trinajstić information content (AvgIpc) is 2.28. The Bertz CT molecular complexity index is 467. The first-order chi connectivity index (χ1) is 7.86. The Morgan fingerprint density at radius 3 is 1.76 bits per heavy atom. The van der Waals surface area contributed by atoms with E-state index in [0.717, 1.165) is 6.08 Å². The van der Waals surface area contributed by atoms with E-state index in [1.165, 1.54) is 0 Å². The Hall–Kier alpha value is -1.92. The number of rotatable bonds is 3. The van der Waals surface area contributed by atoms with Crippen molar-refractivity contribution in [3.05, 3.63) is 46.8 Å². The Labute approximate surface area is 92.0 Å². The van der Waals surface area contributed by atoms with Gasteiger partial charge in [-0.25, -0.2) is 26.7 Å². The smallest absolute Gasteiger partial charge is 0.327 e. The van der Waals surface area contributed by atoms with Gasteiger partial charge in [-0.05, 0) is 6.42 Å². The van der Waals surface area contributed by atoms with E-state index in [9.17, 15) is 26.7 Å². The molecule has 0 aliphatic carbocycles. The van der Waals surface area contributed by atoms with Crippen molar-refractivity contribution in [2.24, 2.45) is 0 Å². The van der Waals surface area contributed by atoms with Crippen LogP contribution >= 0.6 is 0 Å². The van der Waals surface area contributed by atoms with Gasteiger partial charge in [0.15, 0.2) is 23.3 Å². The van der Waals surface area contributed by atoms with Gasteiger partial charge in [-0.15, -0.1) is 0 Å². The first-order valence-corrected chi connectivity index (χ1v) is 4.26. The number of benzene rings is 1. The Kier molecular flexibility index (Phi) is 3.82. The first kappa shape index (κ1) is 13.1. The van der Waals surface area contributed by atoms with E-state index >= 15 is 0 Å². The number of hydrogen-bond donors (Lipinski definition) is 1. The Balaban J connectivity index is 3.20. The van der Waals surface area contributed by atoms with Gasteiger partial charge >= 0.3 is 5.97 Å². The van der Waals surface area contributed by atoms with Gasteiger partial charge in [0.2, 0.25) is 5.82 Å². The van der Waals surface area contributed by atoms with Crippen molar-refractivity contribution in [2.75, 3.05) is 0 Å². The molecule has 0 heterocycles. The summed E-state index contributed by atoms with van der Waals surface area (Å²) in [5, 5.41) is 8.20. The van der Waals surface area contributed by atoms with Crippen molar-refractivity contribution in [3.8, 4) is 0 Å². The molecule has 0 aliphatic rings. The molecule has 0 atom stereocenters. The molecule has 0 fully saturated rings. The zero-order valence-corrected chi connectivity index (χ0v) is 8.11. The minimum atomic E-state index is -2.24. The quantitative estimate of drug-likeness (QED) is 0.388. The summed E-state index contributed by atoms with van der Waals surface area (Å²) in [6.07, 6.45) is 0.608. The summed E-state index contributed by atoms with van der Waals surface area (Å²) < 4.78 is 64.0. The first-order valence-electron chi connectivity index (χ1n) is 4.26. The van der Waals surface area contributed by atoms with E-state index in [0.29, 0.717) is 6.08 Å². The van der Waals surface area contributed by atoms with E-state index in [4.69, 9.17) is 5.11 Å². The minimum Gasteiger partial charge on any atom is -0.478 e. The predicted molar refractivity (Wildman–Crippen MR) is 46.7 cm³/mol. The molecule has 1 rings (SSSR count). The summed E-state index contributed by atoms with van der Waals surface area (Å²) in [7, 11) is 0. The average molecular weight is 252 g/mol. The van der Waals surface area contributed by atoms with Crippen LogP contribution in [0, 0.1) is 29.1 Å². The normalized spacial score (nSPS) is 11.1. The van der Waals surface area contributed by atoms with E-state index < -0.39 is 47.0 Å². The monoisotopic (exact) mass is 252 g/mol. The highest BCUT2D eigenvalue weighted by atomic mass is 19.2. The van der Waals surface area contributed by atoms with Crippen molar-refractivity contribution < 1.29 is 31.9 Å². The Morgan fingerprint density at radius 2 is 1.35 bits per heavy atom. The second kappa shape index (κ2) is 4.94. The molecule has 1 N–H and O–H groups in total. The largest absolute Gasteiger partial charge is 0.478 e. The van der Waals surface area contributed by atoms with Crippen LogP contribution in [0.25, 0.3) is 0 Å². The van der Waals surface area contributed by atoms with Crippen LogP contribution < -0.4 is 0 Å². The number of aliphatic carboxylic acids is 1. The van der Waals surface area contributed by atoms with Gasteiger partial charge < -0.3 is 5.11 Å². The summed E-state index contributed by atoms with van der Waals surface area (Å²) >= 11 is 0. The fourth-order valence-corrected chi connectivity index (χ4v) is 1.11. The molecule has 7 heteroatoms. The number of carbonyl (C=O) groups is 1. The lowest BCUT2D eigenvalue weighted by molar-refractivity contribution is -0.131. The molecule has 2 nitrogen and oxygen atoms in total. The molecule has 0 aliphatic heterocycles. The van der Waals surface area contributed by atoms with Crippen LogP contribution in [0.3, 0.4) is 0 Å². The topological polar surface area (TPSA) is 37.3 Å². The highest BCUT2D eigenvalue weighted by Gasteiger charge is 2.24.